The largest absolute Gasteiger partial charge is 0.468 e. The molecule has 0 saturated carbocycles. The Labute approximate surface area is 126 Å². The summed E-state index contributed by atoms with van der Waals surface area (Å²) in [6.07, 6.45) is 4.49. The third kappa shape index (κ3) is 3.14. The molecule has 2 saturated heterocycles. The van der Waals surface area contributed by atoms with Crippen LogP contribution in [-0.2, 0) is 11.3 Å². The summed E-state index contributed by atoms with van der Waals surface area (Å²) in [5.41, 5.74) is 0. The van der Waals surface area contributed by atoms with Gasteiger partial charge < -0.3 is 14.2 Å². The zero-order valence-corrected chi connectivity index (χ0v) is 13.0. The van der Waals surface area contributed by atoms with Gasteiger partial charge in [0.05, 0.1) is 12.8 Å². The van der Waals surface area contributed by atoms with Crippen molar-refractivity contribution in [1.29, 1.82) is 0 Å². The summed E-state index contributed by atoms with van der Waals surface area (Å²) in [5.74, 6) is 1.35. The van der Waals surface area contributed by atoms with Gasteiger partial charge >= 0.3 is 0 Å². The van der Waals surface area contributed by atoms with Crippen LogP contribution in [0, 0.1) is 0 Å². The molecular formula is C16H25N3O2. The number of carbonyl (C=O) groups excluding carboxylic acids is 1. The SMILES string of the molecule is CN(C)CCN1C(=O)CC[C@@H]2[C@H]1CCN2Cc1ccco1. The van der Waals surface area contributed by atoms with Crippen molar-refractivity contribution in [2.75, 3.05) is 33.7 Å². The zero-order chi connectivity index (χ0) is 14.8. The van der Waals surface area contributed by atoms with Gasteiger partial charge in [-0.05, 0) is 39.1 Å². The van der Waals surface area contributed by atoms with Crippen LogP contribution in [-0.4, -0.2) is 66.4 Å². The standard InChI is InChI=1S/C16H25N3O2/c1-17(2)9-10-19-15-7-8-18(12-13-4-3-11-21-13)14(15)5-6-16(19)20/h3-4,11,14-15H,5-10,12H2,1-2H3/t14-,15-/m1/s1. The highest BCUT2D eigenvalue weighted by molar-refractivity contribution is 5.77. The third-order valence-electron chi connectivity index (χ3n) is 4.73. The molecule has 21 heavy (non-hydrogen) atoms. The molecule has 0 unspecified atom stereocenters. The molecule has 3 rings (SSSR count). The van der Waals surface area contributed by atoms with E-state index in [0.717, 1.165) is 44.8 Å². The van der Waals surface area contributed by atoms with Crippen LogP contribution in [0.5, 0.6) is 0 Å². The highest BCUT2D eigenvalue weighted by Crippen LogP contribution is 2.32. The van der Waals surface area contributed by atoms with E-state index in [1.165, 1.54) is 0 Å². The first-order valence-corrected chi connectivity index (χ1v) is 7.86. The third-order valence-corrected chi connectivity index (χ3v) is 4.73. The quantitative estimate of drug-likeness (QED) is 0.822. The number of likely N-dealkylation sites (N-methyl/N-ethyl adjacent to an activating group) is 1. The second-order valence-corrected chi connectivity index (χ2v) is 6.40. The minimum Gasteiger partial charge on any atom is -0.468 e. The number of fused-ring (bicyclic) bond motifs is 1. The number of nitrogens with zero attached hydrogens (tertiary/aromatic N) is 3. The molecule has 0 bridgehead atoms. The van der Waals surface area contributed by atoms with Crippen molar-refractivity contribution in [2.24, 2.45) is 0 Å². The van der Waals surface area contributed by atoms with Crippen LogP contribution in [0.3, 0.4) is 0 Å². The molecule has 0 aliphatic carbocycles. The first-order valence-electron chi connectivity index (χ1n) is 7.86. The maximum atomic E-state index is 12.2. The number of likely N-dealkylation sites (tertiary alicyclic amines) is 2. The lowest BCUT2D eigenvalue weighted by Crippen LogP contribution is -2.53. The van der Waals surface area contributed by atoms with E-state index in [9.17, 15) is 4.79 Å². The van der Waals surface area contributed by atoms with Crippen LogP contribution < -0.4 is 0 Å². The second-order valence-electron chi connectivity index (χ2n) is 6.40. The monoisotopic (exact) mass is 291 g/mol. The van der Waals surface area contributed by atoms with Crippen LogP contribution in [0.4, 0.5) is 0 Å². The van der Waals surface area contributed by atoms with Crippen molar-refractivity contribution in [3.63, 3.8) is 0 Å². The van der Waals surface area contributed by atoms with Crippen molar-refractivity contribution in [1.82, 2.24) is 14.7 Å². The second kappa shape index (κ2) is 6.20. The van der Waals surface area contributed by atoms with Gasteiger partial charge in [-0.2, -0.15) is 0 Å². The van der Waals surface area contributed by atoms with Gasteiger partial charge in [-0.1, -0.05) is 0 Å². The number of hydrogen-bond donors (Lipinski definition) is 0. The molecule has 0 aromatic carbocycles. The summed E-state index contributed by atoms with van der Waals surface area (Å²) in [6, 6.07) is 4.86. The molecule has 5 heteroatoms. The summed E-state index contributed by atoms with van der Waals surface area (Å²) >= 11 is 0. The normalized spacial score (nSPS) is 26.6. The summed E-state index contributed by atoms with van der Waals surface area (Å²) in [7, 11) is 4.12. The first-order chi connectivity index (χ1) is 10.1. The van der Waals surface area contributed by atoms with E-state index < -0.39 is 0 Å². The van der Waals surface area contributed by atoms with Crippen LogP contribution in [0.2, 0.25) is 0 Å². The van der Waals surface area contributed by atoms with E-state index in [4.69, 9.17) is 4.42 Å². The number of piperidine rings is 1. The predicted octanol–water partition coefficient (Wildman–Crippen LogP) is 1.41. The number of amides is 1. The van der Waals surface area contributed by atoms with Crippen molar-refractivity contribution >= 4 is 5.91 Å². The molecule has 1 amide bonds. The lowest BCUT2D eigenvalue weighted by atomic mass is 9.96. The molecule has 5 nitrogen and oxygen atoms in total. The van der Waals surface area contributed by atoms with Crippen LogP contribution in [0.15, 0.2) is 22.8 Å². The molecule has 3 heterocycles. The van der Waals surface area contributed by atoms with Crippen molar-refractivity contribution < 1.29 is 9.21 Å². The fourth-order valence-corrected chi connectivity index (χ4v) is 3.64. The summed E-state index contributed by atoms with van der Waals surface area (Å²) in [4.78, 5) is 19.0. The lowest BCUT2D eigenvalue weighted by Gasteiger charge is -2.40. The Morgan fingerprint density at radius 1 is 1.33 bits per heavy atom. The Morgan fingerprint density at radius 3 is 2.90 bits per heavy atom. The van der Waals surface area contributed by atoms with E-state index in [0.29, 0.717) is 24.4 Å². The summed E-state index contributed by atoms with van der Waals surface area (Å²) in [6.45, 7) is 3.71. The molecule has 1 aromatic heterocycles. The predicted molar refractivity (Wildman–Crippen MR) is 80.8 cm³/mol. The molecule has 0 spiro atoms. The fourth-order valence-electron chi connectivity index (χ4n) is 3.64. The number of carbonyl (C=O) groups is 1. The molecule has 2 aliphatic rings. The average molecular weight is 291 g/mol. The van der Waals surface area contributed by atoms with Gasteiger partial charge in [-0.15, -0.1) is 0 Å². The van der Waals surface area contributed by atoms with Crippen LogP contribution >= 0.6 is 0 Å². The first kappa shape index (κ1) is 14.6. The highest BCUT2D eigenvalue weighted by atomic mass is 16.3. The van der Waals surface area contributed by atoms with Gasteiger partial charge in [0, 0.05) is 38.1 Å². The van der Waals surface area contributed by atoms with Crippen LogP contribution in [0.1, 0.15) is 25.0 Å². The molecular weight excluding hydrogens is 266 g/mol. The molecule has 116 valence electrons. The highest BCUT2D eigenvalue weighted by Gasteiger charge is 2.42. The Balaban J connectivity index is 1.65. The minimum atomic E-state index is 0.331. The fraction of sp³-hybridized carbons (Fsp3) is 0.688. The molecule has 2 atom stereocenters. The molecule has 0 N–H and O–H groups in total. The molecule has 0 radical (unpaired) electrons. The van der Waals surface area contributed by atoms with E-state index in [1.54, 1.807) is 6.26 Å². The van der Waals surface area contributed by atoms with Crippen molar-refractivity contribution in [3.8, 4) is 0 Å². The minimum absolute atomic E-state index is 0.331. The van der Waals surface area contributed by atoms with E-state index >= 15 is 0 Å². The summed E-state index contributed by atoms with van der Waals surface area (Å²) in [5, 5.41) is 0. The van der Waals surface area contributed by atoms with E-state index in [2.05, 4.69) is 28.8 Å². The number of rotatable bonds is 5. The number of furan rings is 1. The van der Waals surface area contributed by atoms with E-state index in [-0.39, 0.29) is 0 Å². The Kier molecular flexibility index (Phi) is 4.31. The van der Waals surface area contributed by atoms with Gasteiger partial charge in [0.25, 0.3) is 0 Å². The topological polar surface area (TPSA) is 39.9 Å². The lowest BCUT2D eigenvalue weighted by molar-refractivity contribution is -0.137. The zero-order valence-electron chi connectivity index (χ0n) is 13.0. The Hall–Kier alpha value is -1.33. The molecule has 1 aromatic rings. The smallest absolute Gasteiger partial charge is 0.222 e. The summed E-state index contributed by atoms with van der Waals surface area (Å²) < 4.78 is 5.47. The van der Waals surface area contributed by atoms with E-state index in [1.807, 2.05) is 12.1 Å². The van der Waals surface area contributed by atoms with Crippen molar-refractivity contribution in [3.05, 3.63) is 24.2 Å². The van der Waals surface area contributed by atoms with Gasteiger partial charge in [-0.3, -0.25) is 9.69 Å². The molecule has 2 fully saturated rings. The Morgan fingerprint density at radius 2 is 2.19 bits per heavy atom. The maximum Gasteiger partial charge on any atom is 0.222 e. The number of hydrogen-bond acceptors (Lipinski definition) is 4. The van der Waals surface area contributed by atoms with Crippen molar-refractivity contribution in [2.45, 2.75) is 37.9 Å². The van der Waals surface area contributed by atoms with Gasteiger partial charge in [0.1, 0.15) is 5.76 Å². The van der Waals surface area contributed by atoms with Gasteiger partial charge in [0.2, 0.25) is 5.91 Å². The van der Waals surface area contributed by atoms with Gasteiger partial charge in [-0.25, -0.2) is 0 Å². The molecule has 2 aliphatic heterocycles. The van der Waals surface area contributed by atoms with Crippen LogP contribution in [0.25, 0.3) is 0 Å². The Bertz CT molecular complexity index is 472. The average Bonchev–Trinajstić information content (AvgIpc) is 3.08. The van der Waals surface area contributed by atoms with Gasteiger partial charge in [0.15, 0.2) is 0 Å². The maximum absolute atomic E-state index is 12.2.